The summed E-state index contributed by atoms with van der Waals surface area (Å²) in [4.78, 5) is 15.9. The van der Waals surface area contributed by atoms with E-state index in [0.717, 1.165) is 58.6 Å². The molecule has 45 heavy (non-hydrogen) atoms. The molecule has 228 valence electrons. The number of nitriles is 2. The van der Waals surface area contributed by atoms with E-state index in [-0.39, 0.29) is 36.4 Å². The van der Waals surface area contributed by atoms with E-state index in [4.69, 9.17) is 9.05 Å². The maximum absolute atomic E-state index is 13.4. The molecule has 4 aromatic carbocycles. The maximum Gasteiger partial charge on any atom is 0.472 e. The molecule has 4 atom stereocenters. The van der Waals surface area contributed by atoms with Crippen molar-refractivity contribution in [2.24, 2.45) is 0 Å². The monoisotopic (exact) mass is 618 g/mol. The lowest BCUT2D eigenvalue weighted by Crippen LogP contribution is -2.46. The zero-order chi connectivity index (χ0) is 30.7. The van der Waals surface area contributed by atoms with E-state index in [1.807, 2.05) is 48.5 Å². The van der Waals surface area contributed by atoms with Crippen molar-refractivity contribution in [3.05, 3.63) is 83.9 Å². The number of anilines is 2. The van der Waals surface area contributed by atoms with Crippen LogP contribution in [0.15, 0.2) is 72.8 Å². The number of hydrogen-bond acceptors (Lipinski definition) is 7. The smallest absolute Gasteiger partial charge is 0.365 e. The van der Waals surface area contributed by atoms with E-state index in [1.54, 1.807) is 0 Å². The summed E-state index contributed by atoms with van der Waals surface area (Å²) < 4.78 is 25.3. The summed E-state index contributed by atoms with van der Waals surface area (Å²) in [6.07, 6.45) is 5.96. The van der Waals surface area contributed by atoms with E-state index in [2.05, 4.69) is 46.2 Å². The highest BCUT2D eigenvalue weighted by Gasteiger charge is 2.47. The number of rotatable bonds is 6. The zero-order valence-electron chi connectivity index (χ0n) is 25.0. The summed E-state index contributed by atoms with van der Waals surface area (Å²) >= 11 is 0. The average molecular weight is 619 g/mol. The van der Waals surface area contributed by atoms with E-state index >= 15 is 0 Å². The van der Waals surface area contributed by atoms with Crippen LogP contribution in [0.1, 0.15) is 62.5 Å². The van der Waals surface area contributed by atoms with E-state index < -0.39 is 7.82 Å². The van der Waals surface area contributed by atoms with Gasteiger partial charge in [-0.05, 0) is 75.6 Å². The van der Waals surface area contributed by atoms with Crippen LogP contribution in [0, 0.1) is 22.7 Å². The number of phosphoric ester groups is 1. The molecule has 4 unspecified atom stereocenters. The Labute approximate surface area is 263 Å². The summed E-state index contributed by atoms with van der Waals surface area (Å²) in [7, 11) is -4.27. The standard InChI is InChI=1S/C36H35N4O4P/c37-21-23-9-15-35(33-7-3-1-5-31(23)33)39-25-11-12-26(39)18-29(17-25)43-45(41,42)44-30-19-27-13-14-28(20-30)40(27)36-16-10-24(22-38)32-6-2-4-8-34(32)36/h1-10,15-16,25-30H,11-14,17-20H2,(H,41,42). The molecule has 0 radical (unpaired) electrons. The van der Waals surface area contributed by atoms with Crippen molar-refractivity contribution in [3.8, 4) is 12.1 Å². The third-order valence-corrected chi connectivity index (χ3v) is 11.7. The Balaban J connectivity index is 0.948. The molecule has 8 rings (SSSR count). The minimum absolute atomic E-state index is 0.200. The number of fused-ring (bicyclic) bond motifs is 6. The third-order valence-electron chi connectivity index (χ3n) is 10.5. The largest absolute Gasteiger partial charge is 0.472 e. The van der Waals surface area contributed by atoms with Gasteiger partial charge in [0.2, 0.25) is 0 Å². The van der Waals surface area contributed by atoms with Gasteiger partial charge < -0.3 is 14.7 Å². The van der Waals surface area contributed by atoms with Gasteiger partial charge in [-0.3, -0.25) is 9.05 Å². The molecule has 0 aliphatic carbocycles. The maximum atomic E-state index is 13.4. The minimum Gasteiger partial charge on any atom is -0.365 e. The molecule has 0 saturated carbocycles. The second kappa shape index (κ2) is 11.2. The third kappa shape index (κ3) is 4.98. The van der Waals surface area contributed by atoms with Crippen LogP contribution in [-0.2, 0) is 13.6 Å². The molecule has 4 aliphatic heterocycles. The number of hydrogen-bond donors (Lipinski definition) is 1. The van der Waals surface area contributed by atoms with Gasteiger partial charge in [0.1, 0.15) is 0 Å². The highest BCUT2D eigenvalue weighted by atomic mass is 31.2. The predicted octanol–water partition coefficient (Wildman–Crippen LogP) is 7.57. The van der Waals surface area contributed by atoms with Crippen LogP contribution in [-0.4, -0.2) is 41.3 Å². The summed E-state index contributed by atoms with van der Waals surface area (Å²) in [6.45, 7) is 0. The van der Waals surface area contributed by atoms with Gasteiger partial charge >= 0.3 is 7.82 Å². The second-order valence-electron chi connectivity index (χ2n) is 13.0. The van der Waals surface area contributed by atoms with Crippen LogP contribution in [0.4, 0.5) is 11.4 Å². The lowest BCUT2D eigenvalue weighted by Gasteiger charge is -2.42. The first-order valence-electron chi connectivity index (χ1n) is 16.0. The molecule has 4 fully saturated rings. The van der Waals surface area contributed by atoms with Crippen molar-refractivity contribution in [1.29, 1.82) is 10.5 Å². The molecule has 8 nitrogen and oxygen atoms in total. The molecule has 4 saturated heterocycles. The molecule has 0 amide bonds. The summed E-state index contributed by atoms with van der Waals surface area (Å²) in [6, 6.07) is 29.4. The molecule has 4 aliphatic rings. The van der Waals surface area contributed by atoms with Crippen LogP contribution in [0.3, 0.4) is 0 Å². The normalized spacial score (nSPS) is 28.6. The molecule has 0 spiro atoms. The van der Waals surface area contributed by atoms with Crippen molar-refractivity contribution >= 4 is 40.7 Å². The predicted molar refractivity (Wildman–Crippen MR) is 174 cm³/mol. The Bertz CT molecular complexity index is 1770. The Morgan fingerprint density at radius 2 is 0.956 bits per heavy atom. The molecular weight excluding hydrogens is 583 g/mol. The van der Waals surface area contributed by atoms with Gasteiger partial charge in [-0.25, -0.2) is 4.57 Å². The zero-order valence-corrected chi connectivity index (χ0v) is 25.9. The van der Waals surface area contributed by atoms with Crippen LogP contribution < -0.4 is 9.80 Å². The van der Waals surface area contributed by atoms with E-state index in [9.17, 15) is 20.0 Å². The Kier molecular flexibility index (Phi) is 7.08. The molecule has 1 N–H and O–H groups in total. The molecule has 4 aromatic rings. The first-order valence-corrected chi connectivity index (χ1v) is 17.5. The van der Waals surface area contributed by atoms with Crippen LogP contribution in [0.5, 0.6) is 0 Å². The SMILES string of the molecule is N#Cc1ccc(N2C3CCC2CC(OP(=O)(O)OC2CC4CCC(C2)N4c2ccc(C#N)c4ccccc24)C3)c2ccccc12. The first kappa shape index (κ1) is 28.6. The molecule has 4 heterocycles. The minimum atomic E-state index is -4.27. The van der Waals surface area contributed by atoms with Gasteiger partial charge in [-0.15, -0.1) is 0 Å². The van der Waals surface area contributed by atoms with Gasteiger partial charge in [-0.2, -0.15) is 10.5 Å². The Morgan fingerprint density at radius 3 is 1.31 bits per heavy atom. The highest BCUT2D eigenvalue weighted by molar-refractivity contribution is 7.47. The number of piperidine rings is 2. The van der Waals surface area contributed by atoms with Crippen molar-refractivity contribution in [3.63, 3.8) is 0 Å². The highest BCUT2D eigenvalue weighted by Crippen LogP contribution is 2.53. The number of nitrogens with zero attached hydrogens (tertiary/aromatic N) is 4. The molecule has 9 heteroatoms. The van der Waals surface area contributed by atoms with Crippen LogP contribution in [0.25, 0.3) is 21.5 Å². The van der Waals surface area contributed by atoms with E-state index in [0.29, 0.717) is 36.8 Å². The number of phosphoric acid groups is 1. The van der Waals surface area contributed by atoms with Crippen molar-refractivity contribution in [1.82, 2.24) is 0 Å². The van der Waals surface area contributed by atoms with Gasteiger partial charge in [0.05, 0.1) is 35.5 Å². The van der Waals surface area contributed by atoms with Crippen LogP contribution in [0.2, 0.25) is 0 Å². The van der Waals surface area contributed by atoms with Gasteiger partial charge in [0.25, 0.3) is 0 Å². The van der Waals surface area contributed by atoms with Gasteiger partial charge in [-0.1, -0.05) is 48.5 Å². The first-order chi connectivity index (χ1) is 21.9. The molecular formula is C36H35N4O4P. The lowest BCUT2D eigenvalue weighted by atomic mass is 9.96. The van der Waals surface area contributed by atoms with Crippen LogP contribution >= 0.6 is 7.82 Å². The topological polar surface area (TPSA) is 110 Å². The fourth-order valence-electron chi connectivity index (χ4n) is 8.83. The van der Waals surface area contributed by atoms with Crippen molar-refractivity contribution in [2.75, 3.05) is 9.80 Å². The fourth-order valence-corrected chi connectivity index (χ4v) is 9.97. The van der Waals surface area contributed by atoms with Gasteiger partial charge in [0, 0.05) is 57.1 Å². The second-order valence-corrected chi connectivity index (χ2v) is 14.4. The van der Waals surface area contributed by atoms with Crippen molar-refractivity contribution in [2.45, 2.75) is 87.7 Å². The Morgan fingerprint density at radius 1 is 0.600 bits per heavy atom. The fraction of sp³-hybridized carbons (Fsp3) is 0.389. The quantitative estimate of drug-likeness (QED) is 0.220. The summed E-state index contributed by atoms with van der Waals surface area (Å²) in [5.41, 5.74) is 3.58. The summed E-state index contributed by atoms with van der Waals surface area (Å²) in [5, 5.41) is 23.3. The van der Waals surface area contributed by atoms with Crippen molar-refractivity contribution < 1.29 is 18.5 Å². The number of benzene rings is 4. The average Bonchev–Trinajstić information content (AvgIpc) is 3.46. The molecule has 0 aromatic heterocycles. The summed E-state index contributed by atoms with van der Waals surface area (Å²) in [5.74, 6) is 0. The lowest BCUT2D eigenvalue weighted by molar-refractivity contribution is 0.0457. The van der Waals surface area contributed by atoms with Gasteiger partial charge in [0.15, 0.2) is 0 Å². The molecule has 4 bridgehead atoms. The van der Waals surface area contributed by atoms with E-state index in [1.165, 1.54) is 0 Å². The Hall–Kier alpha value is -3.91.